The molecule has 1 amide bonds. The van der Waals surface area contributed by atoms with Crippen LogP contribution in [0, 0.1) is 12.7 Å². The van der Waals surface area contributed by atoms with Crippen molar-refractivity contribution in [2.45, 2.75) is 6.92 Å². The van der Waals surface area contributed by atoms with Gasteiger partial charge in [-0.1, -0.05) is 23.2 Å². The van der Waals surface area contributed by atoms with Crippen LogP contribution in [0.1, 0.15) is 5.56 Å². The van der Waals surface area contributed by atoms with Crippen molar-refractivity contribution in [3.63, 3.8) is 0 Å². The molecule has 0 heterocycles. The lowest BCUT2D eigenvalue weighted by Crippen LogP contribution is -2.24. The molecular formula is C17H14Cl2FNO4. The first-order valence-corrected chi connectivity index (χ1v) is 7.90. The molecule has 0 aliphatic rings. The molecule has 25 heavy (non-hydrogen) atoms. The van der Waals surface area contributed by atoms with Gasteiger partial charge in [0, 0.05) is 10.0 Å². The summed E-state index contributed by atoms with van der Waals surface area (Å²) in [5.74, 6) is -1.64. The Morgan fingerprint density at radius 1 is 1.12 bits per heavy atom. The van der Waals surface area contributed by atoms with Gasteiger partial charge in [-0.25, -0.2) is 9.18 Å². The summed E-state index contributed by atoms with van der Waals surface area (Å²) in [7, 11) is 0. The van der Waals surface area contributed by atoms with E-state index >= 15 is 0 Å². The largest absolute Gasteiger partial charge is 0.482 e. The highest BCUT2D eigenvalue weighted by Crippen LogP contribution is 2.21. The molecule has 2 aromatic rings. The monoisotopic (exact) mass is 385 g/mol. The Kier molecular flexibility index (Phi) is 6.61. The van der Waals surface area contributed by atoms with Gasteiger partial charge in [-0.3, -0.25) is 4.79 Å². The summed E-state index contributed by atoms with van der Waals surface area (Å²) in [6, 6.07) is 8.64. The van der Waals surface area contributed by atoms with Gasteiger partial charge in [0.1, 0.15) is 11.6 Å². The molecule has 0 spiro atoms. The summed E-state index contributed by atoms with van der Waals surface area (Å²) in [6.07, 6.45) is 0. The molecule has 0 aliphatic carbocycles. The van der Waals surface area contributed by atoms with E-state index < -0.39 is 24.3 Å². The van der Waals surface area contributed by atoms with Crippen LogP contribution in [0.2, 0.25) is 10.0 Å². The summed E-state index contributed by atoms with van der Waals surface area (Å²) in [5.41, 5.74) is 0.705. The number of halogens is 3. The molecule has 0 saturated heterocycles. The summed E-state index contributed by atoms with van der Waals surface area (Å²) < 4.78 is 23.5. The molecule has 0 fully saturated rings. The second-order valence-corrected chi connectivity index (χ2v) is 5.88. The maximum Gasteiger partial charge on any atom is 0.344 e. The molecule has 0 saturated carbocycles. The molecule has 1 N–H and O–H groups in total. The first-order valence-electron chi connectivity index (χ1n) is 7.14. The maximum absolute atomic E-state index is 13.5. The first-order chi connectivity index (χ1) is 11.8. The molecule has 132 valence electrons. The van der Waals surface area contributed by atoms with Crippen molar-refractivity contribution in [1.82, 2.24) is 0 Å². The molecule has 0 aromatic heterocycles. The standard InChI is InChI=1S/C17H14Cl2FNO4/c1-10-6-12(3-4-13(10)19)24-9-17(23)25-8-16(22)21-15-7-11(18)2-5-14(15)20/h2-7H,8-9H2,1H3,(H,21,22). The number of esters is 1. The van der Waals surface area contributed by atoms with Crippen molar-refractivity contribution in [2.75, 3.05) is 18.5 Å². The van der Waals surface area contributed by atoms with Gasteiger partial charge in [-0.2, -0.15) is 0 Å². The number of benzene rings is 2. The lowest BCUT2D eigenvalue weighted by atomic mass is 10.2. The summed E-state index contributed by atoms with van der Waals surface area (Å²) in [6.45, 7) is 0.848. The normalized spacial score (nSPS) is 10.2. The van der Waals surface area contributed by atoms with E-state index in [9.17, 15) is 14.0 Å². The van der Waals surface area contributed by atoms with Crippen molar-refractivity contribution >= 4 is 40.8 Å². The highest BCUT2D eigenvalue weighted by molar-refractivity contribution is 6.31. The van der Waals surface area contributed by atoms with Gasteiger partial charge < -0.3 is 14.8 Å². The zero-order valence-electron chi connectivity index (χ0n) is 13.1. The lowest BCUT2D eigenvalue weighted by molar-refractivity contribution is -0.149. The molecule has 0 bridgehead atoms. The van der Waals surface area contributed by atoms with Crippen molar-refractivity contribution in [3.05, 3.63) is 57.8 Å². The van der Waals surface area contributed by atoms with Gasteiger partial charge in [0.05, 0.1) is 5.69 Å². The van der Waals surface area contributed by atoms with Crippen molar-refractivity contribution in [2.24, 2.45) is 0 Å². The molecule has 0 radical (unpaired) electrons. The van der Waals surface area contributed by atoms with Crippen LogP contribution in [0.15, 0.2) is 36.4 Å². The number of aryl methyl sites for hydroxylation is 1. The molecule has 0 aliphatic heterocycles. The Labute approximate surface area is 153 Å². The fourth-order valence-electron chi connectivity index (χ4n) is 1.82. The Morgan fingerprint density at radius 2 is 1.88 bits per heavy atom. The van der Waals surface area contributed by atoms with Gasteiger partial charge in [0.15, 0.2) is 13.2 Å². The number of hydrogen-bond donors (Lipinski definition) is 1. The summed E-state index contributed by atoms with van der Waals surface area (Å²) in [5, 5.41) is 3.11. The van der Waals surface area contributed by atoms with E-state index in [2.05, 4.69) is 5.32 Å². The highest BCUT2D eigenvalue weighted by Gasteiger charge is 2.11. The van der Waals surface area contributed by atoms with E-state index in [0.29, 0.717) is 10.8 Å². The quantitative estimate of drug-likeness (QED) is 0.763. The SMILES string of the molecule is Cc1cc(OCC(=O)OCC(=O)Nc2cc(Cl)ccc2F)ccc1Cl. The second-order valence-electron chi connectivity index (χ2n) is 5.03. The van der Waals surface area contributed by atoms with Crippen LogP contribution in [0.25, 0.3) is 0 Å². The fourth-order valence-corrected chi connectivity index (χ4v) is 2.11. The average molecular weight is 386 g/mol. The van der Waals surface area contributed by atoms with Gasteiger partial charge in [-0.05, 0) is 48.9 Å². The smallest absolute Gasteiger partial charge is 0.344 e. The van der Waals surface area contributed by atoms with Gasteiger partial charge >= 0.3 is 5.97 Å². The van der Waals surface area contributed by atoms with Crippen LogP contribution in [0.4, 0.5) is 10.1 Å². The van der Waals surface area contributed by atoms with Gasteiger partial charge in [0.25, 0.3) is 5.91 Å². The van der Waals surface area contributed by atoms with Gasteiger partial charge in [0.2, 0.25) is 0 Å². The van der Waals surface area contributed by atoms with Crippen LogP contribution in [-0.2, 0) is 14.3 Å². The summed E-state index contributed by atoms with van der Waals surface area (Å²) in [4.78, 5) is 23.3. The number of amides is 1. The van der Waals surface area contributed by atoms with Crippen LogP contribution in [-0.4, -0.2) is 25.1 Å². The molecule has 5 nitrogen and oxygen atoms in total. The van der Waals surface area contributed by atoms with Crippen molar-refractivity contribution in [1.29, 1.82) is 0 Å². The number of anilines is 1. The van der Waals surface area contributed by atoms with E-state index in [0.717, 1.165) is 11.6 Å². The topological polar surface area (TPSA) is 64.6 Å². The third-order valence-corrected chi connectivity index (χ3v) is 3.71. The first kappa shape index (κ1) is 19.0. The van der Waals surface area contributed by atoms with Crippen molar-refractivity contribution < 1.29 is 23.5 Å². The predicted molar refractivity (Wildman–Crippen MR) is 92.7 cm³/mol. The molecule has 2 rings (SSSR count). The molecule has 0 unspecified atom stereocenters. The minimum Gasteiger partial charge on any atom is -0.482 e. The lowest BCUT2D eigenvalue weighted by Gasteiger charge is -2.09. The Morgan fingerprint density at radius 3 is 2.60 bits per heavy atom. The molecule has 2 aromatic carbocycles. The van der Waals surface area contributed by atoms with E-state index in [1.165, 1.54) is 12.1 Å². The zero-order valence-corrected chi connectivity index (χ0v) is 14.7. The van der Waals surface area contributed by atoms with Crippen LogP contribution >= 0.6 is 23.2 Å². The minimum absolute atomic E-state index is 0.0959. The average Bonchev–Trinajstić information content (AvgIpc) is 2.57. The number of nitrogens with one attached hydrogen (secondary N) is 1. The third kappa shape index (κ3) is 5.92. The van der Waals surface area contributed by atoms with Crippen LogP contribution < -0.4 is 10.1 Å². The maximum atomic E-state index is 13.5. The number of carbonyl (C=O) groups is 2. The number of carbonyl (C=O) groups excluding carboxylic acids is 2. The van der Waals surface area contributed by atoms with Crippen LogP contribution in [0.5, 0.6) is 5.75 Å². The second kappa shape index (κ2) is 8.69. The fraction of sp³-hybridized carbons (Fsp3) is 0.176. The Balaban J connectivity index is 1.78. The molecule has 0 atom stereocenters. The van der Waals surface area contributed by atoms with Crippen LogP contribution in [0.3, 0.4) is 0 Å². The summed E-state index contributed by atoms with van der Waals surface area (Å²) >= 11 is 11.6. The highest BCUT2D eigenvalue weighted by atomic mass is 35.5. The number of rotatable bonds is 6. The zero-order chi connectivity index (χ0) is 18.4. The number of ether oxygens (including phenoxy) is 2. The molecular weight excluding hydrogens is 372 g/mol. The number of hydrogen-bond acceptors (Lipinski definition) is 4. The van der Waals surface area contributed by atoms with E-state index in [1.54, 1.807) is 25.1 Å². The van der Waals surface area contributed by atoms with E-state index in [1.807, 2.05) is 0 Å². The third-order valence-electron chi connectivity index (χ3n) is 3.05. The Hall–Kier alpha value is -2.31. The van der Waals surface area contributed by atoms with E-state index in [-0.39, 0.29) is 17.3 Å². The minimum atomic E-state index is -0.741. The van der Waals surface area contributed by atoms with Gasteiger partial charge in [-0.15, -0.1) is 0 Å². The molecule has 8 heteroatoms. The Bertz CT molecular complexity index is 798. The van der Waals surface area contributed by atoms with E-state index in [4.69, 9.17) is 32.7 Å². The predicted octanol–water partition coefficient (Wildman–Crippen LogP) is 4.00. The van der Waals surface area contributed by atoms with Crippen molar-refractivity contribution in [3.8, 4) is 5.75 Å².